The van der Waals surface area contributed by atoms with E-state index < -0.39 is 0 Å². The van der Waals surface area contributed by atoms with Gasteiger partial charge in [0, 0.05) is 10.5 Å². The second-order valence-electron chi connectivity index (χ2n) is 5.72. The van der Waals surface area contributed by atoms with E-state index in [0.29, 0.717) is 6.04 Å². The Morgan fingerprint density at radius 2 is 2.05 bits per heavy atom. The van der Waals surface area contributed by atoms with Gasteiger partial charge in [-0.05, 0) is 55.5 Å². The van der Waals surface area contributed by atoms with Crippen LogP contribution in [0.1, 0.15) is 44.6 Å². The van der Waals surface area contributed by atoms with Gasteiger partial charge in [-0.2, -0.15) is 0 Å². The van der Waals surface area contributed by atoms with E-state index in [2.05, 4.69) is 40.3 Å². The van der Waals surface area contributed by atoms with Gasteiger partial charge in [-0.3, -0.25) is 0 Å². The lowest BCUT2D eigenvalue weighted by atomic mass is 9.81. The molecule has 1 fully saturated rings. The minimum Gasteiger partial charge on any atom is -0.497 e. The zero-order valence-corrected chi connectivity index (χ0v) is 14.2. The standard InChI is InChI=1S/C17H26BrNO/c1-3-19-17(13-7-5-4-6-8-13)12-14-11-15(20-2)9-10-16(14)18/h9-11,13,17,19H,3-8,12H2,1-2H3. The Morgan fingerprint density at radius 1 is 1.30 bits per heavy atom. The van der Waals surface area contributed by atoms with Gasteiger partial charge < -0.3 is 10.1 Å². The molecule has 0 saturated heterocycles. The summed E-state index contributed by atoms with van der Waals surface area (Å²) in [6.45, 7) is 3.25. The number of hydrogen-bond donors (Lipinski definition) is 1. The highest BCUT2D eigenvalue weighted by molar-refractivity contribution is 9.10. The van der Waals surface area contributed by atoms with E-state index in [4.69, 9.17) is 4.74 Å². The molecule has 1 unspecified atom stereocenters. The Kier molecular flexibility index (Phi) is 6.37. The first-order valence-electron chi connectivity index (χ1n) is 7.80. The van der Waals surface area contributed by atoms with E-state index >= 15 is 0 Å². The van der Waals surface area contributed by atoms with Crippen LogP contribution in [0, 0.1) is 5.92 Å². The predicted octanol–water partition coefficient (Wildman–Crippen LogP) is 4.56. The molecular weight excluding hydrogens is 314 g/mol. The highest BCUT2D eigenvalue weighted by Crippen LogP contribution is 2.30. The van der Waals surface area contributed by atoms with Crippen molar-refractivity contribution in [1.29, 1.82) is 0 Å². The second-order valence-corrected chi connectivity index (χ2v) is 6.58. The molecule has 3 heteroatoms. The highest BCUT2D eigenvalue weighted by atomic mass is 79.9. The monoisotopic (exact) mass is 339 g/mol. The number of halogens is 1. The molecule has 0 aliphatic heterocycles. The fourth-order valence-corrected chi connectivity index (χ4v) is 3.68. The summed E-state index contributed by atoms with van der Waals surface area (Å²) in [5.41, 5.74) is 1.35. The van der Waals surface area contributed by atoms with Crippen molar-refractivity contribution in [2.75, 3.05) is 13.7 Å². The van der Waals surface area contributed by atoms with Crippen LogP contribution in [0.15, 0.2) is 22.7 Å². The molecule has 1 aromatic carbocycles. The molecule has 0 radical (unpaired) electrons. The Bertz CT molecular complexity index is 415. The number of methoxy groups -OCH3 is 1. The number of hydrogen-bond acceptors (Lipinski definition) is 2. The molecule has 0 amide bonds. The van der Waals surface area contributed by atoms with Crippen LogP contribution in [-0.2, 0) is 6.42 Å². The molecule has 112 valence electrons. The van der Waals surface area contributed by atoms with Gasteiger partial charge in [0.1, 0.15) is 5.75 Å². The molecule has 2 nitrogen and oxygen atoms in total. The molecule has 0 spiro atoms. The third-order valence-electron chi connectivity index (χ3n) is 4.38. The van der Waals surface area contributed by atoms with Gasteiger partial charge in [0.15, 0.2) is 0 Å². The van der Waals surface area contributed by atoms with Crippen LogP contribution < -0.4 is 10.1 Å². The maximum atomic E-state index is 5.36. The third kappa shape index (κ3) is 4.23. The first kappa shape index (κ1) is 15.8. The minimum atomic E-state index is 0.587. The maximum absolute atomic E-state index is 5.36. The maximum Gasteiger partial charge on any atom is 0.119 e. The van der Waals surface area contributed by atoms with Gasteiger partial charge in [-0.25, -0.2) is 0 Å². The van der Waals surface area contributed by atoms with Crippen LogP contribution in [0.25, 0.3) is 0 Å². The Morgan fingerprint density at radius 3 is 2.70 bits per heavy atom. The Labute approximate surface area is 131 Å². The minimum absolute atomic E-state index is 0.587. The number of benzene rings is 1. The topological polar surface area (TPSA) is 21.3 Å². The van der Waals surface area contributed by atoms with Crippen LogP contribution in [-0.4, -0.2) is 19.7 Å². The summed E-state index contributed by atoms with van der Waals surface area (Å²) in [5.74, 6) is 1.77. The van der Waals surface area contributed by atoms with E-state index in [1.54, 1.807) is 7.11 Å². The lowest BCUT2D eigenvalue weighted by molar-refractivity contribution is 0.269. The first-order chi connectivity index (χ1) is 9.74. The Hall–Kier alpha value is -0.540. The molecule has 20 heavy (non-hydrogen) atoms. The molecule has 1 saturated carbocycles. The number of rotatable bonds is 6. The summed E-state index contributed by atoms with van der Waals surface area (Å²) in [6.07, 6.45) is 8.03. The van der Waals surface area contributed by atoms with Crippen molar-refractivity contribution in [2.45, 2.75) is 51.5 Å². The molecule has 0 aromatic heterocycles. The van der Waals surface area contributed by atoms with Crippen LogP contribution >= 0.6 is 15.9 Å². The van der Waals surface area contributed by atoms with Crippen molar-refractivity contribution in [3.05, 3.63) is 28.2 Å². The molecule has 0 heterocycles. The fraction of sp³-hybridized carbons (Fsp3) is 0.647. The normalized spacial score (nSPS) is 17.9. The molecule has 2 rings (SSSR count). The molecule has 1 aliphatic rings. The van der Waals surface area contributed by atoms with Crippen LogP contribution in [0.3, 0.4) is 0 Å². The average molecular weight is 340 g/mol. The molecule has 1 aromatic rings. The smallest absolute Gasteiger partial charge is 0.119 e. The quantitative estimate of drug-likeness (QED) is 0.820. The van der Waals surface area contributed by atoms with Crippen LogP contribution in [0.5, 0.6) is 5.75 Å². The van der Waals surface area contributed by atoms with Gasteiger partial charge >= 0.3 is 0 Å². The summed E-state index contributed by atoms with van der Waals surface area (Å²) in [4.78, 5) is 0. The van der Waals surface area contributed by atoms with Crippen molar-refractivity contribution >= 4 is 15.9 Å². The SMILES string of the molecule is CCNC(Cc1cc(OC)ccc1Br)C1CCCCC1. The van der Waals surface area contributed by atoms with Gasteiger partial charge in [0.2, 0.25) is 0 Å². The molecule has 1 aliphatic carbocycles. The average Bonchev–Trinajstić information content (AvgIpc) is 2.49. The van der Waals surface area contributed by atoms with E-state index in [1.807, 2.05) is 6.07 Å². The van der Waals surface area contributed by atoms with Crippen LogP contribution in [0.2, 0.25) is 0 Å². The zero-order valence-electron chi connectivity index (χ0n) is 12.6. The van der Waals surface area contributed by atoms with Gasteiger partial charge in [0.25, 0.3) is 0 Å². The summed E-state index contributed by atoms with van der Waals surface area (Å²) >= 11 is 3.68. The predicted molar refractivity (Wildman–Crippen MR) is 88.4 cm³/mol. The van der Waals surface area contributed by atoms with Gasteiger partial charge in [0.05, 0.1) is 7.11 Å². The highest BCUT2D eigenvalue weighted by Gasteiger charge is 2.23. The lowest BCUT2D eigenvalue weighted by Crippen LogP contribution is -2.39. The molecule has 1 N–H and O–H groups in total. The van der Waals surface area contributed by atoms with Crippen LogP contribution in [0.4, 0.5) is 0 Å². The second kappa shape index (κ2) is 8.04. The third-order valence-corrected chi connectivity index (χ3v) is 5.15. The van der Waals surface area contributed by atoms with E-state index in [9.17, 15) is 0 Å². The lowest BCUT2D eigenvalue weighted by Gasteiger charge is -2.31. The summed E-state index contributed by atoms with van der Waals surface area (Å²) in [5, 5.41) is 3.70. The molecule has 1 atom stereocenters. The zero-order chi connectivity index (χ0) is 14.4. The summed E-state index contributed by atoms with van der Waals surface area (Å²) in [6, 6.07) is 6.86. The van der Waals surface area contributed by atoms with Gasteiger partial charge in [-0.1, -0.05) is 42.1 Å². The van der Waals surface area contributed by atoms with Crippen molar-refractivity contribution in [2.24, 2.45) is 5.92 Å². The number of ether oxygens (including phenoxy) is 1. The van der Waals surface area contributed by atoms with E-state index in [-0.39, 0.29) is 0 Å². The van der Waals surface area contributed by atoms with Crippen molar-refractivity contribution in [3.8, 4) is 5.75 Å². The summed E-state index contributed by atoms with van der Waals surface area (Å²) in [7, 11) is 1.73. The van der Waals surface area contributed by atoms with Crippen molar-refractivity contribution < 1.29 is 4.74 Å². The molecular formula is C17H26BrNO. The summed E-state index contributed by atoms with van der Waals surface area (Å²) < 4.78 is 6.55. The molecule has 0 bridgehead atoms. The fourth-order valence-electron chi connectivity index (χ4n) is 3.28. The van der Waals surface area contributed by atoms with Crippen molar-refractivity contribution in [3.63, 3.8) is 0 Å². The van der Waals surface area contributed by atoms with Crippen molar-refractivity contribution in [1.82, 2.24) is 5.32 Å². The number of nitrogens with one attached hydrogen (secondary N) is 1. The van der Waals surface area contributed by atoms with E-state index in [1.165, 1.54) is 42.1 Å². The Balaban J connectivity index is 2.10. The van der Waals surface area contributed by atoms with E-state index in [0.717, 1.165) is 24.6 Å². The first-order valence-corrected chi connectivity index (χ1v) is 8.59. The van der Waals surface area contributed by atoms with Gasteiger partial charge in [-0.15, -0.1) is 0 Å². The largest absolute Gasteiger partial charge is 0.497 e. The number of likely N-dealkylation sites (N-methyl/N-ethyl adjacent to an activating group) is 1.